The van der Waals surface area contributed by atoms with E-state index in [2.05, 4.69) is 4.90 Å². The first-order valence-corrected chi connectivity index (χ1v) is 5.08. The number of hydrogen-bond acceptors (Lipinski definition) is 2. The molecule has 14 heavy (non-hydrogen) atoms. The van der Waals surface area contributed by atoms with Crippen LogP contribution in [-0.2, 0) is 0 Å². The Morgan fingerprint density at radius 3 is 2.43 bits per heavy atom. The number of halogens is 1. The van der Waals surface area contributed by atoms with E-state index < -0.39 is 0 Å². The Morgan fingerprint density at radius 1 is 1.50 bits per heavy atom. The van der Waals surface area contributed by atoms with Crippen molar-refractivity contribution < 1.29 is 4.79 Å². The average Bonchev–Trinajstić information content (AvgIpc) is 2.26. The monoisotopic (exact) mass is 219 g/mol. The minimum atomic E-state index is -0.259. The Bertz CT molecular complexity index is 230. The summed E-state index contributed by atoms with van der Waals surface area (Å²) in [6.45, 7) is 6.23. The molecule has 0 radical (unpaired) electrons. The maximum absolute atomic E-state index is 11.6. The number of carbonyl (C=O) groups is 1. The highest BCUT2D eigenvalue weighted by Gasteiger charge is 2.42. The smallest absolute Gasteiger partial charge is 0.320 e. The number of amides is 2. The fourth-order valence-electron chi connectivity index (χ4n) is 1.48. The van der Waals surface area contributed by atoms with Crippen LogP contribution >= 0.6 is 11.8 Å². The third-order valence-electron chi connectivity index (χ3n) is 2.36. The van der Waals surface area contributed by atoms with Gasteiger partial charge in [0.2, 0.25) is 0 Å². The molecule has 1 saturated heterocycles. The summed E-state index contributed by atoms with van der Waals surface area (Å²) in [5.41, 5.74) is -0.259. The Balaban J connectivity index is 2.54. The summed E-state index contributed by atoms with van der Waals surface area (Å²) < 4.78 is 1.29. The molecule has 1 rings (SSSR count). The van der Waals surface area contributed by atoms with Crippen LogP contribution in [0.1, 0.15) is 13.8 Å². The fraction of sp³-hybridized carbons (Fsp3) is 0.889. The predicted molar refractivity (Wildman–Crippen MR) is 57.3 cm³/mol. The summed E-state index contributed by atoms with van der Waals surface area (Å²) in [5, 5.41) is 0. The third kappa shape index (κ3) is 2.30. The lowest BCUT2D eigenvalue weighted by atomic mass is 10.1. The van der Waals surface area contributed by atoms with Gasteiger partial charge >= 0.3 is 6.03 Å². The van der Waals surface area contributed by atoms with Crippen molar-refractivity contribution in [2.24, 2.45) is 0 Å². The second kappa shape index (κ2) is 3.95. The molecular weight excluding hydrogens is 202 g/mol. The van der Waals surface area contributed by atoms with Gasteiger partial charge in [0, 0.05) is 31.4 Å². The molecule has 5 heteroatoms. The van der Waals surface area contributed by atoms with Crippen molar-refractivity contribution in [3.8, 4) is 0 Å². The molecule has 1 fully saturated rings. The van der Waals surface area contributed by atoms with Crippen molar-refractivity contribution in [2.45, 2.75) is 19.4 Å². The summed E-state index contributed by atoms with van der Waals surface area (Å²) >= 11 is 5.89. The minimum Gasteiger partial charge on any atom is -0.320 e. The molecule has 0 aliphatic carbocycles. The Morgan fingerprint density at radius 2 is 2.07 bits per heavy atom. The van der Waals surface area contributed by atoms with Crippen LogP contribution < -0.4 is 0 Å². The van der Waals surface area contributed by atoms with Gasteiger partial charge in [-0.05, 0) is 27.9 Å². The lowest BCUT2D eigenvalue weighted by Crippen LogP contribution is -2.34. The van der Waals surface area contributed by atoms with Crippen LogP contribution in [0.4, 0.5) is 4.79 Å². The van der Waals surface area contributed by atoms with Crippen LogP contribution in [0.5, 0.6) is 0 Å². The van der Waals surface area contributed by atoms with E-state index in [4.69, 9.17) is 11.8 Å². The van der Waals surface area contributed by atoms with E-state index in [1.165, 1.54) is 4.42 Å². The zero-order valence-corrected chi connectivity index (χ0v) is 10.0. The molecule has 1 heterocycles. The fourth-order valence-corrected chi connectivity index (χ4v) is 1.64. The van der Waals surface area contributed by atoms with E-state index in [0.29, 0.717) is 6.54 Å². The summed E-state index contributed by atoms with van der Waals surface area (Å²) in [6, 6.07) is -0.0847. The molecular formula is C9H18ClN3O. The van der Waals surface area contributed by atoms with Gasteiger partial charge in [-0.1, -0.05) is 0 Å². The molecule has 0 aromatic heterocycles. The number of rotatable bonds is 3. The van der Waals surface area contributed by atoms with Crippen LogP contribution in [0.15, 0.2) is 0 Å². The molecule has 2 amide bonds. The van der Waals surface area contributed by atoms with Gasteiger partial charge in [0.05, 0.1) is 5.54 Å². The topological polar surface area (TPSA) is 26.8 Å². The van der Waals surface area contributed by atoms with E-state index in [1.807, 2.05) is 27.9 Å². The summed E-state index contributed by atoms with van der Waals surface area (Å²) in [6.07, 6.45) is 0. The summed E-state index contributed by atoms with van der Waals surface area (Å²) in [4.78, 5) is 15.5. The van der Waals surface area contributed by atoms with E-state index in [9.17, 15) is 4.79 Å². The molecule has 4 nitrogen and oxygen atoms in total. The van der Waals surface area contributed by atoms with Crippen molar-refractivity contribution in [1.29, 1.82) is 0 Å². The van der Waals surface area contributed by atoms with E-state index in [1.54, 1.807) is 4.90 Å². The molecule has 0 aromatic carbocycles. The number of likely N-dealkylation sites (N-methyl/N-ethyl adjacent to an activating group) is 1. The van der Waals surface area contributed by atoms with Crippen LogP contribution in [0.25, 0.3) is 0 Å². The highest BCUT2D eigenvalue weighted by Crippen LogP contribution is 2.27. The molecule has 0 bridgehead atoms. The average molecular weight is 220 g/mol. The third-order valence-corrected chi connectivity index (χ3v) is 2.97. The maximum Gasteiger partial charge on any atom is 0.335 e. The minimum absolute atomic E-state index is 0.0847. The zero-order chi connectivity index (χ0) is 10.9. The maximum atomic E-state index is 11.6. The second-order valence-electron chi connectivity index (χ2n) is 4.60. The number of nitrogens with zero attached hydrogens (tertiary/aromatic N) is 3. The summed E-state index contributed by atoms with van der Waals surface area (Å²) in [7, 11) is 3.98. The number of hydrogen-bond donors (Lipinski definition) is 0. The van der Waals surface area contributed by atoms with Gasteiger partial charge in [-0.15, -0.1) is 0 Å². The van der Waals surface area contributed by atoms with Gasteiger partial charge in [0.15, 0.2) is 0 Å². The molecule has 82 valence electrons. The Hall–Kier alpha value is -0.480. The van der Waals surface area contributed by atoms with E-state index >= 15 is 0 Å². The van der Waals surface area contributed by atoms with Crippen LogP contribution in [0, 0.1) is 0 Å². The quantitative estimate of drug-likeness (QED) is 0.668. The first kappa shape index (κ1) is 11.6. The van der Waals surface area contributed by atoms with E-state index in [0.717, 1.165) is 13.1 Å². The lowest BCUT2D eigenvalue weighted by Gasteiger charge is -2.21. The lowest BCUT2D eigenvalue weighted by molar-refractivity contribution is 0.201. The zero-order valence-electron chi connectivity index (χ0n) is 9.25. The van der Waals surface area contributed by atoms with E-state index in [-0.39, 0.29) is 11.6 Å². The number of urea groups is 1. The molecule has 0 spiro atoms. The SMILES string of the molecule is CN(C)CCN1CC(C)(C)N(Cl)C1=O. The Kier molecular flexibility index (Phi) is 3.27. The second-order valence-corrected chi connectivity index (χ2v) is 4.94. The van der Waals surface area contributed by atoms with Gasteiger partial charge in [0.25, 0.3) is 0 Å². The normalized spacial score (nSPS) is 21.1. The Labute approximate surface area is 90.5 Å². The molecule has 0 saturated carbocycles. The largest absolute Gasteiger partial charge is 0.335 e. The van der Waals surface area contributed by atoms with Gasteiger partial charge in [-0.3, -0.25) is 0 Å². The molecule has 1 aliphatic rings. The highest BCUT2D eigenvalue weighted by molar-refractivity contribution is 6.22. The van der Waals surface area contributed by atoms with Crippen molar-refractivity contribution >= 4 is 17.8 Å². The standard InChI is InChI=1S/C9H18ClN3O/c1-9(2)7-12(6-5-11(3)4)8(14)13(9)10/h5-7H2,1-4H3. The van der Waals surface area contributed by atoms with Gasteiger partial charge < -0.3 is 9.80 Å². The first-order valence-electron chi connectivity index (χ1n) is 4.74. The first-order chi connectivity index (χ1) is 6.34. The van der Waals surface area contributed by atoms with Crippen LogP contribution in [-0.4, -0.2) is 59.5 Å². The predicted octanol–water partition coefficient (Wildman–Crippen LogP) is 1.22. The van der Waals surface area contributed by atoms with Crippen molar-refractivity contribution in [1.82, 2.24) is 14.2 Å². The molecule has 0 atom stereocenters. The van der Waals surface area contributed by atoms with Crippen LogP contribution in [0.2, 0.25) is 0 Å². The summed E-state index contributed by atoms with van der Waals surface area (Å²) in [5.74, 6) is 0. The molecule has 0 unspecified atom stereocenters. The molecule has 0 aromatic rings. The van der Waals surface area contributed by atoms with Crippen molar-refractivity contribution in [2.75, 3.05) is 33.7 Å². The van der Waals surface area contributed by atoms with Crippen molar-refractivity contribution in [3.05, 3.63) is 0 Å². The van der Waals surface area contributed by atoms with Gasteiger partial charge in [-0.2, -0.15) is 0 Å². The van der Waals surface area contributed by atoms with Gasteiger partial charge in [0.1, 0.15) is 0 Å². The number of carbonyl (C=O) groups excluding carboxylic acids is 1. The van der Waals surface area contributed by atoms with Crippen molar-refractivity contribution in [3.63, 3.8) is 0 Å². The molecule has 1 aliphatic heterocycles. The molecule has 0 N–H and O–H groups in total. The highest BCUT2D eigenvalue weighted by atomic mass is 35.5. The van der Waals surface area contributed by atoms with Crippen LogP contribution in [0.3, 0.4) is 0 Å². The van der Waals surface area contributed by atoms with Gasteiger partial charge in [-0.25, -0.2) is 9.21 Å².